The summed E-state index contributed by atoms with van der Waals surface area (Å²) in [5.41, 5.74) is 3.55. The van der Waals surface area contributed by atoms with Gasteiger partial charge in [0.05, 0.1) is 6.61 Å². The van der Waals surface area contributed by atoms with Crippen molar-refractivity contribution >= 4 is 23.7 Å². The van der Waals surface area contributed by atoms with Gasteiger partial charge in [-0.1, -0.05) is 24.3 Å². The molecule has 0 saturated heterocycles. The Morgan fingerprint density at radius 2 is 1.90 bits per heavy atom. The van der Waals surface area contributed by atoms with Crippen LogP contribution in [0.25, 0.3) is 6.08 Å². The maximum atomic E-state index is 12.1. The molecule has 2 aromatic carbocycles. The Kier molecular flexibility index (Phi) is 7.38. The molecule has 0 bridgehead atoms. The number of aryl methyl sites for hydroxylation is 1. The van der Waals surface area contributed by atoms with Crippen LogP contribution >= 0.6 is 0 Å². The van der Waals surface area contributed by atoms with E-state index in [9.17, 15) is 14.4 Å². The van der Waals surface area contributed by atoms with E-state index in [1.54, 1.807) is 25.1 Å². The molecule has 0 radical (unpaired) electrons. The normalized spacial score (nSPS) is 13.0. The molecule has 0 saturated carbocycles. The van der Waals surface area contributed by atoms with Crippen LogP contribution < -0.4 is 10.1 Å². The summed E-state index contributed by atoms with van der Waals surface area (Å²) >= 11 is 0. The van der Waals surface area contributed by atoms with Crippen molar-refractivity contribution in [3.05, 3.63) is 70.8 Å². The lowest BCUT2D eigenvalue weighted by Crippen LogP contribution is -2.28. The molecule has 0 heterocycles. The zero-order valence-corrected chi connectivity index (χ0v) is 17.0. The fourth-order valence-electron chi connectivity index (χ4n) is 3.21. The quantitative estimate of drug-likeness (QED) is 0.535. The number of ketones is 1. The second-order valence-electron chi connectivity index (χ2n) is 6.99. The first-order chi connectivity index (χ1) is 14.5. The first-order valence-corrected chi connectivity index (χ1v) is 10.0. The van der Waals surface area contributed by atoms with Gasteiger partial charge in [0.1, 0.15) is 5.75 Å². The van der Waals surface area contributed by atoms with Gasteiger partial charge < -0.3 is 14.8 Å². The minimum absolute atomic E-state index is 0.0902. The maximum Gasteiger partial charge on any atom is 0.330 e. The van der Waals surface area contributed by atoms with E-state index in [0.29, 0.717) is 25.3 Å². The van der Waals surface area contributed by atoms with E-state index in [2.05, 4.69) is 5.32 Å². The van der Waals surface area contributed by atoms with Crippen molar-refractivity contribution < 1.29 is 23.9 Å². The Labute approximate surface area is 175 Å². The molecule has 1 aliphatic rings. The van der Waals surface area contributed by atoms with Gasteiger partial charge in [-0.05, 0) is 60.7 Å². The van der Waals surface area contributed by atoms with Crippen molar-refractivity contribution in [3.63, 3.8) is 0 Å². The summed E-state index contributed by atoms with van der Waals surface area (Å²) in [6.07, 6.45) is 5.37. The Balaban J connectivity index is 1.44. The first kappa shape index (κ1) is 21.3. The summed E-state index contributed by atoms with van der Waals surface area (Å²) < 4.78 is 10.4. The minimum Gasteiger partial charge on any atom is -0.484 e. The number of hydrogen-bond donors (Lipinski definition) is 1. The van der Waals surface area contributed by atoms with Gasteiger partial charge in [-0.15, -0.1) is 0 Å². The second kappa shape index (κ2) is 10.4. The van der Waals surface area contributed by atoms with Gasteiger partial charge in [0.2, 0.25) is 0 Å². The monoisotopic (exact) mass is 407 g/mol. The molecular weight excluding hydrogens is 382 g/mol. The lowest BCUT2D eigenvalue weighted by Gasteiger charge is -2.16. The summed E-state index contributed by atoms with van der Waals surface area (Å²) in [7, 11) is 0. The maximum absolute atomic E-state index is 12.1. The molecule has 30 heavy (non-hydrogen) atoms. The van der Waals surface area contributed by atoms with Crippen molar-refractivity contribution in [2.24, 2.45) is 0 Å². The van der Waals surface area contributed by atoms with Gasteiger partial charge >= 0.3 is 5.97 Å². The number of ether oxygens (including phenoxy) is 2. The molecule has 1 amide bonds. The third kappa shape index (κ3) is 6.04. The summed E-state index contributed by atoms with van der Waals surface area (Å²) in [5.74, 6) is 0.161. The topological polar surface area (TPSA) is 81.7 Å². The second-order valence-corrected chi connectivity index (χ2v) is 6.99. The average molecular weight is 407 g/mol. The van der Waals surface area contributed by atoms with Crippen molar-refractivity contribution in [1.29, 1.82) is 0 Å². The van der Waals surface area contributed by atoms with Crippen molar-refractivity contribution in [2.45, 2.75) is 32.7 Å². The number of Topliss-reactive ketones (excluding diaryl/α,β-unsaturated/α-hetero) is 1. The van der Waals surface area contributed by atoms with Crippen molar-refractivity contribution in [1.82, 2.24) is 5.32 Å². The standard InChI is InChI=1S/C24H25NO5/c1-2-29-24(28)13-10-17-6-8-18(9-7-17)15-25-23(27)16-30-20-11-12-21-19(14-20)4-3-5-22(21)26/h6-14H,2-5,15-16H2,1H3,(H,25,27)/b13-10+. The summed E-state index contributed by atoms with van der Waals surface area (Å²) in [5, 5.41) is 2.81. The predicted molar refractivity (Wildman–Crippen MR) is 113 cm³/mol. The fraction of sp³-hybridized carbons (Fsp3) is 0.292. The van der Waals surface area contributed by atoms with E-state index in [1.807, 2.05) is 30.3 Å². The molecule has 6 nitrogen and oxygen atoms in total. The summed E-state index contributed by atoms with van der Waals surface area (Å²) in [6.45, 7) is 2.39. The highest BCUT2D eigenvalue weighted by Gasteiger charge is 2.17. The number of amides is 1. The predicted octanol–water partition coefficient (Wildman–Crippen LogP) is 3.48. The van der Waals surface area contributed by atoms with Crippen LogP contribution in [0.4, 0.5) is 0 Å². The highest BCUT2D eigenvalue weighted by molar-refractivity contribution is 5.98. The highest BCUT2D eigenvalue weighted by atomic mass is 16.5. The fourth-order valence-corrected chi connectivity index (χ4v) is 3.21. The van der Waals surface area contributed by atoms with E-state index in [4.69, 9.17) is 9.47 Å². The van der Waals surface area contributed by atoms with Crippen LogP contribution in [-0.4, -0.2) is 30.9 Å². The molecule has 0 fully saturated rings. The zero-order valence-electron chi connectivity index (χ0n) is 17.0. The number of carbonyl (C=O) groups excluding carboxylic acids is 3. The largest absolute Gasteiger partial charge is 0.484 e. The number of benzene rings is 2. The minimum atomic E-state index is -0.376. The molecule has 156 valence electrons. The van der Waals surface area contributed by atoms with Crippen LogP contribution in [0.2, 0.25) is 0 Å². The molecule has 0 atom stereocenters. The van der Waals surface area contributed by atoms with Gasteiger partial charge in [-0.25, -0.2) is 4.79 Å². The summed E-state index contributed by atoms with van der Waals surface area (Å²) in [4.78, 5) is 35.3. The Morgan fingerprint density at radius 3 is 2.67 bits per heavy atom. The van der Waals surface area contributed by atoms with Crippen LogP contribution in [0.15, 0.2) is 48.5 Å². The molecular formula is C24H25NO5. The number of esters is 1. The Morgan fingerprint density at radius 1 is 1.10 bits per heavy atom. The molecule has 0 aliphatic heterocycles. The van der Waals surface area contributed by atoms with Crippen LogP contribution in [0.1, 0.15) is 46.8 Å². The molecule has 1 N–H and O–H groups in total. The molecule has 0 aromatic heterocycles. The third-order valence-corrected chi connectivity index (χ3v) is 4.76. The van der Waals surface area contributed by atoms with E-state index >= 15 is 0 Å². The SMILES string of the molecule is CCOC(=O)/C=C/c1ccc(CNC(=O)COc2ccc3c(c2)CCCC3=O)cc1. The van der Waals surface area contributed by atoms with Crippen LogP contribution in [0.3, 0.4) is 0 Å². The average Bonchev–Trinajstić information content (AvgIpc) is 2.76. The van der Waals surface area contributed by atoms with E-state index in [-0.39, 0.29) is 24.3 Å². The lowest BCUT2D eigenvalue weighted by molar-refractivity contribution is -0.137. The molecule has 6 heteroatoms. The Hall–Kier alpha value is -3.41. The molecule has 0 unspecified atom stereocenters. The van der Waals surface area contributed by atoms with Crippen molar-refractivity contribution in [2.75, 3.05) is 13.2 Å². The smallest absolute Gasteiger partial charge is 0.330 e. The Bertz CT molecular complexity index is 947. The number of fused-ring (bicyclic) bond motifs is 1. The molecule has 2 aromatic rings. The van der Waals surface area contributed by atoms with Gasteiger partial charge in [0, 0.05) is 24.6 Å². The number of nitrogens with one attached hydrogen (secondary N) is 1. The van der Waals surface area contributed by atoms with Crippen LogP contribution in [0, 0.1) is 0 Å². The van der Waals surface area contributed by atoms with Gasteiger partial charge in [-0.2, -0.15) is 0 Å². The van der Waals surface area contributed by atoms with Crippen LogP contribution in [-0.2, 0) is 27.3 Å². The molecule has 0 spiro atoms. The van der Waals surface area contributed by atoms with Crippen LogP contribution in [0.5, 0.6) is 5.75 Å². The van der Waals surface area contributed by atoms with E-state index in [0.717, 1.165) is 35.1 Å². The molecule has 3 rings (SSSR count). The number of hydrogen-bond acceptors (Lipinski definition) is 5. The number of carbonyl (C=O) groups is 3. The lowest BCUT2D eigenvalue weighted by atomic mass is 9.91. The van der Waals surface area contributed by atoms with E-state index < -0.39 is 0 Å². The highest BCUT2D eigenvalue weighted by Crippen LogP contribution is 2.25. The third-order valence-electron chi connectivity index (χ3n) is 4.76. The van der Waals surface area contributed by atoms with E-state index in [1.165, 1.54) is 6.08 Å². The first-order valence-electron chi connectivity index (χ1n) is 10.0. The van der Waals surface area contributed by atoms with Gasteiger partial charge in [0.25, 0.3) is 5.91 Å². The van der Waals surface area contributed by atoms with Gasteiger partial charge in [-0.3, -0.25) is 9.59 Å². The zero-order chi connectivity index (χ0) is 21.3. The molecule has 1 aliphatic carbocycles. The summed E-state index contributed by atoms with van der Waals surface area (Å²) in [6, 6.07) is 12.9. The van der Waals surface area contributed by atoms with Gasteiger partial charge in [0.15, 0.2) is 12.4 Å². The number of rotatable bonds is 8. The van der Waals surface area contributed by atoms with Crippen molar-refractivity contribution in [3.8, 4) is 5.75 Å².